The largest absolute Gasteiger partial charge is 0.396 e. The van der Waals surface area contributed by atoms with Gasteiger partial charge in [-0.05, 0) is 50.2 Å². The Morgan fingerprint density at radius 3 is 1.75 bits per heavy atom. The van der Waals surface area contributed by atoms with Crippen molar-refractivity contribution in [3.8, 4) is 11.4 Å². The molecule has 0 saturated heterocycles. The zero-order valence-corrected chi connectivity index (χ0v) is 26.6. The number of carbonyl (C=O) groups excluding carboxylic acids is 1. The van der Waals surface area contributed by atoms with E-state index in [1.807, 2.05) is 6.92 Å². The molecule has 2 aliphatic heterocycles. The van der Waals surface area contributed by atoms with E-state index in [-0.39, 0.29) is 56.5 Å². The van der Waals surface area contributed by atoms with E-state index in [4.69, 9.17) is 4.84 Å². The SMILES string of the molecule is CCON.CCON=C1c2cc([N+](=O)[O-])ccc2-n2c1nc1ncccc1c2=O.O=C1c2cc([N+](=O)[O-])ccc2-n2c1nc1ncccc1c2=O. The van der Waals surface area contributed by atoms with Crippen molar-refractivity contribution in [3.05, 3.63) is 137 Å². The van der Waals surface area contributed by atoms with Gasteiger partial charge in [0.25, 0.3) is 22.5 Å². The lowest BCUT2D eigenvalue weighted by atomic mass is 10.1. The van der Waals surface area contributed by atoms with Crippen LogP contribution in [0.3, 0.4) is 0 Å². The summed E-state index contributed by atoms with van der Waals surface area (Å²) >= 11 is 0. The number of aromatic nitrogens is 6. The predicted molar refractivity (Wildman–Crippen MR) is 180 cm³/mol. The van der Waals surface area contributed by atoms with Gasteiger partial charge in [0.1, 0.15) is 6.61 Å². The van der Waals surface area contributed by atoms with Crippen molar-refractivity contribution in [1.82, 2.24) is 29.1 Å². The lowest BCUT2D eigenvalue weighted by molar-refractivity contribution is -0.385. The molecule has 51 heavy (non-hydrogen) atoms. The first-order valence-electron chi connectivity index (χ1n) is 15.0. The first-order chi connectivity index (χ1) is 24.6. The van der Waals surface area contributed by atoms with Gasteiger partial charge in [-0.25, -0.2) is 25.8 Å². The monoisotopic (exact) mass is 692 g/mol. The third kappa shape index (κ3) is 5.94. The second-order valence-corrected chi connectivity index (χ2v) is 10.5. The van der Waals surface area contributed by atoms with Gasteiger partial charge in [0.2, 0.25) is 5.78 Å². The number of pyridine rings is 2. The molecule has 19 nitrogen and oxygen atoms in total. The second kappa shape index (κ2) is 13.8. The zero-order chi connectivity index (χ0) is 36.4. The first kappa shape index (κ1) is 33.8. The number of benzene rings is 2. The maximum absolute atomic E-state index is 12.9. The minimum atomic E-state index is -0.592. The molecule has 0 saturated carbocycles. The maximum atomic E-state index is 12.9. The summed E-state index contributed by atoms with van der Waals surface area (Å²) in [6.45, 7) is 4.50. The number of hydrogen-bond donors (Lipinski definition) is 1. The molecular weight excluding hydrogens is 668 g/mol. The summed E-state index contributed by atoms with van der Waals surface area (Å²) in [5.74, 6) is 4.18. The van der Waals surface area contributed by atoms with Crippen LogP contribution in [0.4, 0.5) is 11.4 Å². The molecular formula is C32H24N10O9. The van der Waals surface area contributed by atoms with Gasteiger partial charge in [-0.3, -0.25) is 43.7 Å². The second-order valence-electron chi connectivity index (χ2n) is 10.5. The number of rotatable bonds is 5. The Hall–Kier alpha value is -7.12. The van der Waals surface area contributed by atoms with Gasteiger partial charge < -0.3 is 9.68 Å². The fraction of sp³-hybridized carbons (Fsp3) is 0.125. The number of non-ortho nitro benzene ring substituents is 2. The summed E-state index contributed by atoms with van der Waals surface area (Å²) in [5.41, 5.74) is 0.957. The molecule has 0 bridgehead atoms. The molecule has 0 aliphatic carbocycles. The molecule has 256 valence electrons. The number of fused-ring (bicyclic) bond motifs is 8. The zero-order valence-electron chi connectivity index (χ0n) is 26.6. The van der Waals surface area contributed by atoms with E-state index in [0.29, 0.717) is 35.5 Å². The van der Waals surface area contributed by atoms with Crippen LogP contribution < -0.4 is 17.0 Å². The van der Waals surface area contributed by atoms with E-state index in [0.717, 1.165) is 6.07 Å². The van der Waals surface area contributed by atoms with Crippen molar-refractivity contribution in [2.75, 3.05) is 13.2 Å². The molecule has 2 aliphatic rings. The molecule has 0 fully saturated rings. The lowest BCUT2D eigenvalue weighted by Crippen LogP contribution is -2.22. The van der Waals surface area contributed by atoms with Crippen LogP contribution in [-0.2, 0) is 9.68 Å². The van der Waals surface area contributed by atoms with Crippen molar-refractivity contribution in [1.29, 1.82) is 0 Å². The van der Waals surface area contributed by atoms with Crippen LogP contribution in [0.15, 0.2) is 87.8 Å². The fourth-order valence-electron chi connectivity index (χ4n) is 5.29. The third-order valence-corrected chi connectivity index (χ3v) is 7.52. The average Bonchev–Trinajstić information content (AvgIpc) is 3.61. The number of nitro benzene ring substituents is 2. The Morgan fingerprint density at radius 2 is 1.24 bits per heavy atom. The predicted octanol–water partition coefficient (Wildman–Crippen LogP) is 2.92. The van der Waals surface area contributed by atoms with Crippen LogP contribution in [0.25, 0.3) is 33.4 Å². The highest BCUT2D eigenvalue weighted by Crippen LogP contribution is 2.31. The normalized spacial score (nSPS) is 12.6. The van der Waals surface area contributed by atoms with Crippen molar-refractivity contribution >= 4 is 44.9 Å². The van der Waals surface area contributed by atoms with Gasteiger partial charge >= 0.3 is 0 Å². The number of nitrogens with zero attached hydrogens (tertiary/aromatic N) is 9. The quantitative estimate of drug-likeness (QED) is 0.201. The van der Waals surface area contributed by atoms with Crippen LogP contribution in [0.2, 0.25) is 0 Å². The standard InChI is InChI=1S/C16H11N5O4.C14H6N4O4.C2H7NO/c1-2-25-19-13-11-8-9(21(23)24)5-6-12(11)20-15(13)18-14-10(16(20)22)4-3-7-17-14;19-11-9-6-7(18(21)22)3-4-10(9)17-13(11)16-12-8(14(17)20)2-1-5-15-12;1-2-4-3/h3-8H,2H2,1H3;1-6H;2-3H2,1H3. The number of nitrogens with two attached hydrogens (primary N) is 1. The molecule has 19 heteroatoms. The molecule has 0 spiro atoms. The Morgan fingerprint density at radius 1 is 0.745 bits per heavy atom. The Bertz CT molecular complexity index is 2560. The third-order valence-electron chi connectivity index (χ3n) is 7.52. The smallest absolute Gasteiger partial charge is 0.270 e. The molecule has 6 aromatic rings. The molecule has 8 rings (SSSR count). The van der Waals surface area contributed by atoms with Crippen LogP contribution >= 0.6 is 0 Å². The molecule has 4 aromatic heterocycles. The molecule has 0 radical (unpaired) electrons. The van der Waals surface area contributed by atoms with E-state index < -0.39 is 21.2 Å². The number of oxime groups is 1. The number of nitro groups is 2. The Balaban J connectivity index is 0.000000160. The topological polar surface area (TPSA) is 256 Å². The van der Waals surface area contributed by atoms with Crippen LogP contribution in [0, 0.1) is 20.2 Å². The van der Waals surface area contributed by atoms with E-state index in [9.17, 15) is 34.6 Å². The highest BCUT2D eigenvalue weighted by atomic mass is 16.6. The Labute approximate surface area is 284 Å². The molecule has 2 aromatic carbocycles. The van der Waals surface area contributed by atoms with Crippen molar-refractivity contribution in [3.63, 3.8) is 0 Å². The van der Waals surface area contributed by atoms with Gasteiger partial charge in [-0.1, -0.05) is 5.16 Å². The number of hydrogen-bond acceptors (Lipinski definition) is 15. The van der Waals surface area contributed by atoms with Crippen LogP contribution in [0.5, 0.6) is 0 Å². The molecule has 0 amide bonds. The molecule has 2 N–H and O–H groups in total. The van der Waals surface area contributed by atoms with Crippen molar-refractivity contribution < 1.29 is 24.3 Å². The number of ketones is 1. The first-order valence-corrected chi connectivity index (χ1v) is 15.0. The minimum Gasteiger partial charge on any atom is -0.396 e. The van der Waals surface area contributed by atoms with E-state index in [2.05, 4.69) is 35.8 Å². The van der Waals surface area contributed by atoms with Gasteiger partial charge in [0, 0.05) is 42.2 Å². The van der Waals surface area contributed by atoms with Crippen molar-refractivity contribution in [2.45, 2.75) is 13.8 Å². The highest BCUT2D eigenvalue weighted by Gasteiger charge is 2.33. The number of carbonyl (C=O) groups is 1. The Kier molecular flexibility index (Phi) is 9.12. The highest BCUT2D eigenvalue weighted by molar-refractivity contribution is 6.17. The summed E-state index contributed by atoms with van der Waals surface area (Å²) in [7, 11) is 0. The van der Waals surface area contributed by atoms with E-state index in [1.165, 1.54) is 51.9 Å². The fourth-order valence-corrected chi connectivity index (χ4v) is 5.29. The average molecular weight is 693 g/mol. The molecule has 0 atom stereocenters. The summed E-state index contributed by atoms with van der Waals surface area (Å²) in [6.07, 6.45) is 3.02. The summed E-state index contributed by atoms with van der Waals surface area (Å²) in [5, 5.41) is 26.6. The van der Waals surface area contributed by atoms with Crippen LogP contribution in [0.1, 0.15) is 41.4 Å². The van der Waals surface area contributed by atoms with Crippen molar-refractivity contribution in [2.24, 2.45) is 11.1 Å². The van der Waals surface area contributed by atoms with Gasteiger partial charge in [-0.15, -0.1) is 0 Å². The molecule has 0 unspecified atom stereocenters. The summed E-state index contributed by atoms with van der Waals surface area (Å²) in [6, 6.07) is 14.5. The van der Waals surface area contributed by atoms with Crippen LogP contribution in [-0.4, -0.2) is 63.6 Å². The van der Waals surface area contributed by atoms with E-state index in [1.54, 1.807) is 31.2 Å². The van der Waals surface area contributed by atoms with Gasteiger partial charge in [0.15, 0.2) is 28.7 Å². The lowest BCUT2D eigenvalue weighted by Gasteiger charge is -2.05. The maximum Gasteiger partial charge on any atom is 0.270 e. The van der Waals surface area contributed by atoms with Gasteiger partial charge in [0.05, 0.1) is 44.2 Å². The molecule has 6 heterocycles. The van der Waals surface area contributed by atoms with E-state index >= 15 is 0 Å². The summed E-state index contributed by atoms with van der Waals surface area (Å²) in [4.78, 5) is 84.4. The summed E-state index contributed by atoms with van der Waals surface area (Å²) < 4.78 is 2.55. The minimum absolute atomic E-state index is 0.0771. The van der Waals surface area contributed by atoms with Gasteiger partial charge in [-0.2, -0.15) is 0 Å².